The van der Waals surface area contributed by atoms with Gasteiger partial charge < -0.3 is 4.90 Å². The van der Waals surface area contributed by atoms with Crippen LogP contribution in [-0.2, 0) is 0 Å². The fourth-order valence-corrected chi connectivity index (χ4v) is 0.968. The number of hydrogen-bond donors (Lipinski definition) is 0. The molecule has 0 saturated carbocycles. The average molecular weight is 186 g/mol. The molecule has 0 aliphatic heterocycles. The molecule has 0 aromatic rings. The third-order valence-corrected chi connectivity index (χ3v) is 1.79. The van der Waals surface area contributed by atoms with Gasteiger partial charge in [-0.15, -0.1) is 0 Å². The highest BCUT2D eigenvalue weighted by Gasteiger charge is 1.94. The highest BCUT2D eigenvalue weighted by atomic mass is 15.1. The second kappa shape index (κ2) is 14.5. The van der Waals surface area contributed by atoms with Gasteiger partial charge in [0.05, 0.1) is 0 Å². The molecule has 0 fully saturated rings. The number of rotatable bonds is 6. The van der Waals surface area contributed by atoms with Gasteiger partial charge >= 0.3 is 0 Å². The summed E-state index contributed by atoms with van der Waals surface area (Å²) >= 11 is 0. The van der Waals surface area contributed by atoms with E-state index in [0.29, 0.717) is 0 Å². The Bertz CT molecular complexity index is 63.5. The van der Waals surface area contributed by atoms with E-state index in [9.17, 15) is 0 Å². The third-order valence-electron chi connectivity index (χ3n) is 1.79. The SMILES string of the molecule is CCCCN(C)CCCC.[CH2]CC. The molecule has 0 aromatic heterocycles. The summed E-state index contributed by atoms with van der Waals surface area (Å²) in [5, 5.41) is 0. The Hall–Kier alpha value is -0.0400. The highest BCUT2D eigenvalue weighted by molar-refractivity contribution is 4.49. The molecule has 0 unspecified atom stereocenters. The molecule has 13 heavy (non-hydrogen) atoms. The van der Waals surface area contributed by atoms with Crippen LogP contribution >= 0.6 is 0 Å². The van der Waals surface area contributed by atoms with Crippen molar-refractivity contribution in [3.05, 3.63) is 6.92 Å². The van der Waals surface area contributed by atoms with Crippen LogP contribution in [0.25, 0.3) is 0 Å². The first-order valence-electron chi connectivity index (χ1n) is 5.70. The molecule has 0 amide bonds. The molecule has 0 heterocycles. The zero-order chi connectivity index (χ0) is 10.5. The normalized spacial score (nSPS) is 9.69. The third kappa shape index (κ3) is 18.7. The van der Waals surface area contributed by atoms with Crippen LogP contribution in [0.5, 0.6) is 0 Å². The maximum Gasteiger partial charge on any atom is -0.00219 e. The lowest BCUT2D eigenvalue weighted by Crippen LogP contribution is -2.20. The summed E-state index contributed by atoms with van der Waals surface area (Å²) in [4.78, 5) is 2.42. The minimum atomic E-state index is 1.00. The molecule has 1 radical (unpaired) electrons. The summed E-state index contributed by atoms with van der Waals surface area (Å²) in [6.45, 7) is 12.5. The first-order chi connectivity index (χ1) is 6.22. The minimum Gasteiger partial charge on any atom is -0.306 e. The number of hydrogen-bond acceptors (Lipinski definition) is 1. The predicted octanol–water partition coefficient (Wildman–Crippen LogP) is 3.75. The lowest BCUT2D eigenvalue weighted by atomic mass is 10.3. The molecule has 1 nitrogen and oxygen atoms in total. The van der Waals surface area contributed by atoms with Gasteiger partial charge in [0, 0.05) is 0 Å². The van der Waals surface area contributed by atoms with Crippen LogP contribution in [0.15, 0.2) is 0 Å². The van der Waals surface area contributed by atoms with E-state index >= 15 is 0 Å². The fourth-order valence-electron chi connectivity index (χ4n) is 0.968. The van der Waals surface area contributed by atoms with Crippen LogP contribution < -0.4 is 0 Å². The largest absolute Gasteiger partial charge is 0.306 e. The summed E-state index contributed by atoms with van der Waals surface area (Å²) in [7, 11) is 2.21. The van der Waals surface area contributed by atoms with Crippen molar-refractivity contribution in [3.8, 4) is 0 Å². The molecule has 0 saturated heterocycles. The second-order valence-corrected chi connectivity index (χ2v) is 3.51. The van der Waals surface area contributed by atoms with Gasteiger partial charge in [-0.2, -0.15) is 0 Å². The Morgan fingerprint density at radius 2 is 1.23 bits per heavy atom. The maximum atomic E-state index is 3.49. The zero-order valence-corrected chi connectivity index (χ0v) is 10.1. The van der Waals surface area contributed by atoms with Crippen molar-refractivity contribution in [1.82, 2.24) is 4.90 Å². The van der Waals surface area contributed by atoms with Crippen LogP contribution in [-0.4, -0.2) is 25.0 Å². The van der Waals surface area contributed by atoms with Crippen LogP contribution in [0.3, 0.4) is 0 Å². The molecule has 0 atom stereocenters. The summed E-state index contributed by atoms with van der Waals surface area (Å²) in [5.41, 5.74) is 0. The first-order valence-corrected chi connectivity index (χ1v) is 5.70. The lowest BCUT2D eigenvalue weighted by molar-refractivity contribution is 0.322. The Morgan fingerprint density at radius 3 is 1.46 bits per heavy atom. The van der Waals surface area contributed by atoms with Crippen molar-refractivity contribution in [2.45, 2.75) is 52.9 Å². The van der Waals surface area contributed by atoms with Crippen molar-refractivity contribution < 1.29 is 0 Å². The fraction of sp³-hybridized carbons (Fsp3) is 0.917. The van der Waals surface area contributed by atoms with E-state index in [2.05, 4.69) is 32.7 Å². The van der Waals surface area contributed by atoms with E-state index in [-0.39, 0.29) is 0 Å². The molecular formula is C12H28N. The van der Waals surface area contributed by atoms with Crippen molar-refractivity contribution in [3.63, 3.8) is 0 Å². The molecular weight excluding hydrogens is 158 g/mol. The molecule has 81 valence electrons. The van der Waals surface area contributed by atoms with Gasteiger partial charge in [-0.1, -0.05) is 47.0 Å². The minimum absolute atomic E-state index is 1.00. The average Bonchev–Trinajstić information content (AvgIpc) is 2.12. The van der Waals surface area contributed by atoms with E-state index in [1.54, 1.807) is 0 Å². The Morgan fingerprint density at radius 1 is 0.923 bits per heavy atom. The molecule has 0 aromatic carbocycles. The van der Waals surface area contributed by atoms with Crippen LogP contribution in [0.2, 0.25) is 0 Å². The molecule has 0 rings (SSSR count). The van der Waals surface area contributed by atoms with E-state index in [0.717, 1.165) is 6.42 Å². The summed E-state index contributed by atoms with van der Waals surface area (Å²) in [6.07, 6.45) is 6.33. The monoisotopic (exact) mass is 186 g/mol. The van der Waals surface area contributed by atoms with Gasteiger partial charge in [-0.3, -0.25) is 0 Å². The second-order valence-electron chi connectivity index (χ2n) is 3.51. The topological polar surface area (TPSA) is 3.24 Å². The van der Waals surface area contributed by atoms with Gasteiger partial charge in [0.25, 0.3) is 0 Å². The van der Waals surface area contributed by atoms with Crippen molar-refractivity contribution in [1.29, 1.82) is 0 Å². The van der Waals surface area contributed by atoms with Crippen LogP contribution in [0.4, 0.5) is 0 Å². The Kier molecular flexibility index (Phi) is 17.2. The molecule has 1 heteroatoms. The van der Waals surface area contributed by atoms with E-state index < -0.39 is 0 Å². The number of unbranched alkanes of at least 4 members (excludes halogenated alkanes) is 2. The smallest absolute Gasteiger partial charge is 0.00219 e. The van der Waals surface area contributed by atoms with E-state index in [1.165, 1.54) is 38.8 Å². The molecule has 0 aliphatic carbocycles. The Labute approximate surface area is 85.5 Å². The molecule has 0 aliphatic rings. The van der Waals surface area contributed by atoms with Gasteiger partial charge in [0.1, 0.15) is 0 Å². The van der Waals surface area contributed by atoms with Crippen LogP contribution in [0.1, 0.15) is 52.9 Å². The number of nitrogens with zero attached hydrogens (tertiary/aromatic N) is 1. The maximum absolute atomic E-state index is 3.49. The van der Waals surface area contributed by atoms with Crippen molar-refractivity contribution in [2.75, 3.05) is 20.1 Å². The Balaban J connectivity index is 0. The van der Waals surface area contributed by atoms with E-state index in [4.69, 9.17) is 0 Å². The predicted molar refractivity (Wildman–Crippen MR) is 63.0 cm³/mol. The lowest BCUT2D eigenvalue weighted by Gasteiger charge is -2.14. The standard InChI is InChI=1S/C9H21N.C3H7/c1-4-6-8-10(3)9-7-5-2;1-3-2/h4-9H2,1-3H3;1,3H2,2H3. The summed E-state index contributed by atoms with van der Waals surface area (Å²) < 4.78 is 0. The quantitative estimate of drug-likeness (QED) is 0.610. The van der Waals surface area contributed by atoms with Gasteiger partial charge in [-0.25, -0.2) is 0 Å². The zero-order valence-electron chi connectivity index (χ0n) is 10.1. The van der Waals surface area contributed by atoms with Crippen molar-refractivity contribution in [2.24, 2.45) is 0 Å². The molecule has 0 spiro atoms. The van der Waals surface area contributed by atoms with Crippen LogP contribution in [0, 0.1) is 6.92 Å². The molecule has 0 N–H and O–H groups in total. The van der Waals surface area contributed by atoms with Crippen molar-refractivity contribution >= 4 is 0 Å². The summed E-state index contributed by atoms with van der Waals surface area (Å²) in [6, 6.07) is 0. The highest BCUT2D eigenvalue weighted by Crippen LogP contribution is 1.94. The van der Waals surface area contributed by atoms with Gasteiger partial charge in [0.15, 0.2) is 0 Å². The summed E-state index contributed by atoms with van der Waals surface area (Å²) in [5.74, 6) is 0. The van der Waals surface area contributed by atoms with Gasteiger partial charge in [0.2, 0.25) is 0 Å². The molecule has 0 bridgehead atoms. The van der Waals surface area contributed by atoms with E-state index in [1.807, 2.05) is 6.92 Å². The first kappa shape index (κ1) is 15.4. The van der Waals surface area contributed by atoms with Gasteiger partial charge in [-0.05, 0) is 33.0 Å².